The molecule has 0 saturated carbocycles. The Bertz CT molecular complexity index is 1050. The molecule has 2 aromatic rings. The van der Waals surface area contributed by atoms with Gasteiger partial charge in [0.25, 0.3) is 10.0 Å². The highest BCUT2D eigenvalue weighted by Crippen LogP contribution is 2.31. The maximum Gasteiger partial charge on any atom is 0.290 e. The summed E-state index contributed by atoms with van der Waals surface area (Å²) >= 11 is 0. The van der Waals surface area contributed by atoms with Crippen molar-refractivity contribution in [1.82, 2.24) is 0 Å². The lowest BCUT2D eigenvalue weighted by molar-refractivity contribution is 0.597. The standard InChI is InChI=1S/C21H25NO3S2/c1-17-13-15-21(16-14-17)27(24,25)22-26(23,20-11-7-4-8-12-20)18(2)19-9-5-3-6-10-19/h4,7-9,11-16,18H,3,5-6,10H2,1-2H3/t18-,26?/m1/s1. The van der Waals surface area contributed by atoms with Gasteiger partial charge in [0.2, 0.25) is 0 Å². The van der Waals surface area contributed by atoms with Gasteiger partial charge in [0.1, 0.15) is 0 Å². The molecule has 144 valence electrons. The first kappa shape index (κ1) is 19.8. The molecule has 6 heteroatoms. The van der Waals surface area contributed by atoms with Crippen LogP contribution in [-0.2, 0) is 19.8 Å². The summed E-state index contributed by atoms with van der Waals surface area (Å²) in [6, 6.07) is 15.2. The Labute approximate surface area is 162 Å². The molecule has 0 amide bonds. The van der Waals surface area contributed by atoms with Crippen molar-refractivity contribution in [3.63, 3.8) is 0 Å². The highest BCUT2D eigenvalue weighted by atomic mass is 32.3. The van der Waals surface area contributed by atoms with Gasteiger partial charge in [0.05, 0.1) is 19.9 Å². The Hall–Kier alpha value is -1.92. The summed E-state index contributed by atoms with van der Waals surface area (Å²) in [6.45, 7) is 3.72. The fourth-order valence-corrected chi connectivity index (χ4v) is 7.69. The lowest BCUT2D eigenvalue weighted by Crippen LogP contribution is -2.23. The van der Waals surface area contributed by atoms with Gasteiger partial charge in [-0.1, -0.05) is 47.5 Å². The molecule has 3 rings (SSSR count). The van der Waals surface area contributed by atoms with Crippen LogP contribution in [-0.4, -0.2) is 17.9 Å². The van der Waals surface area contributed by atoms with E-state index in [9.17, 15) is 12.6 Å². The van der Waals surface area contributed by atoms with Gasteiger partial charge in [-0.25, -0.2) is 4.21 Å². The smallest absolute Gasteiger partial charge is 0.243 e. The molecule has 0 N–H and O–H groups in total. The van der Waals surface area contributed by atoms with Crippen molar-refractivity contribution in [2.45, 2.75) is 54.6 Å². The summed E-state index contributed by atoms with van der Waals surface area (Å²) in [5.41, 5.74) is 2.00. The summed E-state index contributed by atoms with van der Waals surface area (Å²) in [6.07, 6.45) is 6.03. The molecular weight excluding hydrogens is 378 g/mol. The molecule has 27 heavy (non-hydrogen) atoms. The van der Waals surface area contributed by atoms with E-state index < -0.39 is 25.0 Å². The molecule has 0 radical (unpaired) electrons. The van der Waals surface area contributed by atoms with Crippen LogP contribution in [0.3, 0.4) is 0 Å². The van der Waals surface area contributed by atoms with Crippen LogP contribution in [0.25, 0.3) is 0 Å². The second-order valence-corrected chi connectivity index (χ2v) is 11.2. The number of hydrogen-bond acceptors (Lipinski definition) is 3. The minimum absolute atomic E-state index is 0.0709. The van der Waals surface area contributed by atoms with Crippen molar-refractivity contribution in [2.24, 2.45) is 3.77 Å². The average Bonchev–Trinajstić information content (AvgIpc) is 2.68. The highest BCUT2D eigenvalue weighted by molar-refractivity contribution is 8.03. The highest BCUT2D eigenvalue weighted by Gasteiger charge is 2.29. The molecule has 0 spiro atoms. The molecule has 0 aromatic heterocycles. The molecule has 0 bridgehead atoms. The van der Waals surface area contributed by atoms with E-state index in [-0.39, 0.29) is 4.90 Å². The summed E-state index contributed by atoms with van der Waals surface area (Å²) in [5, 5.41) is -0.458. The zero-order valence-electron chi connectivity index (χ0n) is 15.7. The van der Waals surface area contributed by atoms with E-state index >= 15 is 0 Å². The lowest BCUT2D eigenvalue weighted by atomic mass is 9.98. The molecule has 1 aliphatic carbocycles. The minimum atomic E-state index is -4.04. The van der Waals surface area contributed by atoms with Crippen molar-refractivity contribution in [2.75, 3.05) is 0 Å². The number of rotatable bonds is 5. The summed E-state index contributed by atoms with van der Waals surface area (Å²) in [5.74, 6) is 0. The number of hydrogen-bond donors (Lipinski definition) is 0. The van der Waals surface area contributed by atoms with Gasteiger partial charge in [-0.2, -0.15) is 8.42 Å². The molecule has 4 nitrogen and oxygen atoms in total. The third-order valence-corrected chi connectivity index (χ3v) is 9.68. The Kier molecular flexibility index (Phi) is 5.86. The van der Waals surface area contributed by atoms with Gasteiger partial charge in [0.15, 0.2) is 0 Å². The number of aryl methyl sites for hydroxylation is 1. The van der Waals surface area contributed by atoms with E-state index in [1.54, 1.807) is 36.4 Å². The van der Waals surface area contributed by atoms with E-state index in [2.05, 4.69) is 9.84 Å². The first-order chi connectivity index (χ1) is 12.8. The summed E-state index contributed by atoms with van der Waals surface area (Å²) in [4.78, 5) is 0.529. The van der Waals surface area contributed by atoms with Gasteiger partial charge in [0, 0.05) is 4.90 Å². The average molecular weight is 404 g/mol. The van der Waals surface area contributed by atoms with E-state index in [4.69, 9.17) is 0 Å². The van der Waals surface area contributed by atoms with Crippen LogP contribution in [0.5, 0.6) is 0 Å². The van der Waals surface area contributed by atoms with Crippen molar-refractivity contribution < 1.29 is 12.6 Å². The first-order valence-corrected chi connectivity index (χ1v) is 12.2. The van der Waals surface area contributed by atoms with E-state index in [1.807, 2.05) is 19.9 Å². The van der Waals surface area contributed by atoms with E-state index in [0.717, 1.165) is 36.8 Å². The van der Waals surface area contributed by atoms with Crippen molar-refractivity contribution in [3.8, 4) is 0 Å². The van der Waals surface area contributed by atoms with Crippen LogP contribution in [0.15, 0.2) is 79.8 Å². The minimum Gasteiger partial charge on any atom is -0.243 e. The third-order valence-electron chi connectivity index (χ3n) is 4.94. The van der Waals surface area contributed by atoms with Crippen LogP contribution in [0.2, 0.25) is 0 Å². The predicted octanol–water partition coefficient (Wildman–Crippen LogP) is 5.10. The maximum atomic E-state index is 14.1. The normalized spacial score (nSPS) is 18.2. The monoisotopic (exact) mass is 403 g/mol. The molecule has 0 saturated heterocycles. The van der Waals surface area contributed by atoms with Crippen LogP contribution < -0.4 is 0 Å². The van der Waals surface area contributed by atoms with Gasteiger partial charge < -0.3 is 0 Å². The topological polar surface area (TPSA) is 63.6 Å². The molecule has 0 fully saturated rings. The number of sulfonamides is 1. The number of nitrogens with zero attached hydrogens (tertiary/aromatic N) is 1. The molecule has 1 unspecified atom stereocenters. The van der Waals surface area contributed by atoms with Gasteiger partial charge in [-0.3, -0.25) is 0 Å². The molecule has 2 aromatic carbocycles. The Morgan fingerprint density at radius 3 is 2.15 bits per heavy atom. The molecule has 0 aliphatic heterocycles. The van der Waals surface area contributed by atoms with Crippen molar-refractivity contribution >= 4 is 19.8 Å². The first-order valence-electron chi connectivity index (χ1n) is 9.16. The van der Waals surface area contributed by atoms with Crippen molar-refractivity contribution in [1.29, 1.82) is 0 Å². The molecular formula is C21H25NO3S2. The van der Waals surface area contributed by atoms with Gasteiger partial charge >= 0.3 is 0 Å². The zero-order chi connectivity index (χ0) is 19.5. The second-order valence-electron chi connectivity index (χ2n) is 6.91. The Morgan fingerprint density at radius 2 is 1.56 bits per heavy atom. The number of benzene rings is 2. The fraction of sp³-hybridized carbons (Fsp3) is 0.333. The SMILES string of the molecule is Cc1ccc(S(=O)(=O)N=S(=O)(c2ccccc2)[C@H](C)C2=CCCCC2)cc1. The third kappa shape index (κ3) is 4.33. The van der Waals surface area contributed by atoms with E-state index in [0.29, 0.717) is 4.90 Å². The Balaban J connectivity index is 2.18. The quantitative estimate of drug-likeness (QED) is 0.653. The van der Waals surface area contributed by atoms with Gasteiger partial charge in [-0.05, 0) is 63.8 Å². The second kappa shape index (κ2) is 7.98. The van der Waals surface area contributed by atoms with Crippen LogP contribution in [0.4, 0.5) is 0 Å². The lowest BCUT2D eigenvalue weighted by Gasteiger charge is -2.23. The number of allylic oxidation sites excluding steroid dienone is 1. The van der Waals surface area contributed by atoms with E-state index in [1.165, 1.54) is 12.1 Å². The molecule has 1 aliphatic rings. The van der Waals surface area contributed by atoms with Gasteiger partial charge in [-0.15, -0.1) is 3.77 Å². The van der Waals surface area contributed by atoms with Crippen LogP contribution >= 0.6 is 0 Å². The summed E-state index contributed by atoms with van der Waals surface area (Å²) < 4.78 is 44.0. The Morgan fingerprint density at radius 1 is 0.889 bits per heavy atom. The largest absolute Gasteiger partial charge is 0.290 e. The van der Waals surface area contributed by atoms with Crippen LogP contribution in [0.1, 0.15) is 38.2 Å². The molecule has 0 heterocycles. The van der Waals surface area contributed by atoms with Crippen LogP contribution in [0, 0.1) is 6.92 Å². The molecule has 2 atom stereocenters. The maximum absolute atomic E-state index is 14.1. The fourth-order valence-electron chi connectivity index (χ4n) is 3.26. The zero-order valence-corrected chi connectivity index (χ0v) is 17.3. The van der Waals surface area contributed by atoms with Crippen molar-refractivity contribution in [3.05, 3.63) is 71.8 Å². The summed E-state index contributed by atoms with van der Waals surface area (Å²) in [7, 11) is -7.24. The predicted molar refractivity (Wildman–Crippen MR) is 110 cm³/mol.